The van der Waals surface area contributed by atoms with Crippen molar-refractivity contribution in [2.24, 2.45) is 0 Å². The van der Waals surface area contributed by atoms with Gasteiger partial charge < -0.3 is 25.8 Å². The average molecular weight is 643 g/mol. The number of aromatic nitrogens is 1. The molecular weight excluding hydrogens is 614 g/mol. The minimum Gasteiger partial charge on any atom is -0.351 e. The van der Waals surface area contributed by atoms with Crippen LogP contribution in [0.2, 0.25) is 0 Å². The van der Waals surface area contributed by atoms with Gasteiger partial charge in [0.15, 0.2) is 0 Å². The van der Waals surface area contributed by atoms with Gasteiger partial charge in [0.25, 0.3) is 11.8 Å². The third kappa shape index (κ3) is 6.80. The van der Waals surface area contributed by atoms with Gasteiger partial charge in [-0.15, -0.1) is 0 Å². The molecule has 3 heterocycles. The van der Waals surface area contributed by atoms with Gasteiger partial charge >= 0.3 is 0 Å². The summed E-state index contributed by atoms with van der Waals surface area (Å²) in [5, 5.41) is 8.53. The Kier molecular flexibility index (Phi) is 9.19. The summed E-state index contributed by atoms with van der Waals surface area (Å²) in [4.78, 5) is 40.8. The number of aromatic amines is 1. The molecule has 4 N–H and O–H groups in total. The highest BCUT2D eigenvalue weighted by Gasteiger charge is 2.24. The molecule has 8 nitrogen and oxygen atoms in total. The molecule has 0 aliphatic carbocycles. The minimum absolute atomic E-state index is 0.0816. The molecule has 0 bridgehead atoms. The molecule has 0 atom stereocenters. The van der Waals surface area contributed by atoms with Crippen molar-refractivity contribution in [1.82, 2.24) is 15.2 Å². The Bertz CT molecular complexity index is 1390. The van der Waals surface area contributed by atoms with E-state index in [2.05, 4.69) is 71.5 Å². The quantitative estimate of drug-likeness (QED) is 0.263. The molecule has 198 valence electrons. The summed E-state index contributed by atoms with van der Waals surface area (Å²) in [7, 11) is 0. The lowest BCUT2D eigenvalue weighted by atomic mass is 10.1. The van der Waals surface area contributed by atoms with Crippen LogP contribution >= 0.6 is 31.9 Å². The summed E-state index contributed by atoms with van der Waals surface area (Å²) in [6, 6.07) is 15.0. The monoisotopic (exact) mass is 641 g/mol. The van der Waals surface area contributed by atoms with E-state index in [-0.39, 0.29) is 17.7 Å². The molecule has 1 aromatic heterocycles. The van der Waals surface area contributed by atoms with Crippen molar-refractivity contribution in [3.63, 3.8) is 0 Å². The molecule has 38 heavy (non-hydrogen) atoms. The Morgan fingerprint density at radius 3 is 2.42 bits per heavy atom. The van der Waals surface area contributed by atoms with Crippen LogP contribution < -0.4 is 16.0 Å². The van der Waals surface area contributed by atoms with E-state index in [1.165, 1.54) is 0 Å². The van der Waals surface area contributed by atoms with E-state index < -0.39 is 0 Å². The molecular formula is C28H29Br2N5O3. The largest absolute Gasteiger partial charge is 0.351 e. The number of amides is 3. The molecule has 0 spiro atoms. The molecule has 2 aliphatic heterocycles. The summed E-state index contributed by atoms with van der Waals surface area (Å²) >= 11 is 6.78. The van der Waals surface area contributed by atoms with Crippen LogP contribution in [0.3, 0.4) is 0 Å². The maximum Gasteiger partial charge on any atom is 0.267 e. The van der Waals surface area contributed by atoms with Gasteiger partial charge in [-0.25, -0.2) is 0 Å². The molecule has 0 saturated heterocycles. The molecule has 3 amide bonds. The van der Waals surface area contributed by atoms with Crippen molar-refractivity contribution >= 4 is 72.6 Å². The number of fused-ring (bicyclic) bond motifs is 2. The fraction of sp³-hybridized carbons (Fsp3) is 0.250. The van der Waals surface area contributed by atoms with Crippen LogP contribution in [0.15, 0.2) is 57.5 Å². The highest BCUT2D eigenvalue weighted by Crippen LogP contribution is 2.35. The second kappa shape index (κ2) is 12.6. The summed E-state index contributed by atoms with van der Waals surface area (Å²) in [6.07, 6.45) is 2.27. The number of benzene rings is 2. The third-order valence-electron chi connectivity index (χ3n) is 6.32. The summed E-state index contributed by atoms with van der Waals surface area (Å²) in [5.74, 6) is -0.216. The van der Waals surface area contributed by atoms with E-state index in [0.29, 0.717) is 29.9 Å². The Morgan fingerprint density at radius 2 is 1.68 bits per heavy atom. The molecule has 0 fully saturated rings. The van der Waals surface area contributed by atoms with Crippen LogP contribution in [0, 0.1) is 0 Å². The highest BCUT2D eigenvalue weighted by atomic mass is 79.9. The predicted octanol–water partition coefficient (Wildman–Crippen LogP) is 5.29. The van der Waals surface area contributed by atoms with E-state index in [1.807, 2.05) is 36.4 Å². The smallest absolute Gasteiger partial charge is 0.267 e. The first-order chi connectivity index (χ1) is 18.3. The maximum absolute atomic E-state index is 12.3. The fourth-order valence-corrected chi connectivity index (χ4v) is 5.02. The number of nitrogens with one attached hydrogen (secondary N) is 4. The zero-order valence-electron chi connectivity index (χ0n) is 21.2. The number of H-pyrrole nitrogens is 1. The zero-order valence-corrected chi connectivity index (χ0v) is 24.3. The molecule has 0 radical (unpaired) electrons. The lowest BCUT2D eigenvalue weighted by molar-refractivity contribution is -0.115. The highest BCUT2D eigenvalue weighted by molar-refractivity contribution is 9.10. The standard InChI is InChI=1S/C20H23BrN4O2.C8H6BrNO/c1-3-25(4-2)10-9-22-20(27)18-8-6-14(23-18)12-16-15-11-13(21)5-7-17(15)24-19(16)26;9-6-1-2-7-5(3-6)4-8(11)10-7/h5-8,11-12,23H,3-4,9-10H2,1-2H3,(H,22,27)(H,24,26);1-3H,4H2,(H,10,11). The summed E-state index contributed by atoms with van der Waals surface area (Å²) in [6.45, 7) is 7.55. The molecule has 2 aromatic carbocycles. The summed E-state index contributed by atoms with van der Waals surface area (Å²) < 4.78 is 1.93. The van der Waals surface area contributed by atoms with Gasteiger partial charge in [0.2, 0.25) is 5.91 Å². The van der Waals surface area contributed by atoms with Gasteiger partial charge in [0.1, 0.15) is 5.69 Å². The van der Waals surface area contributed by atoms with Crippen molar-refractivity contribution in [3.05, 3.63) is 80.0 Å². The minimum atomic E-state index is -0.150. The molecule has 2 aliphatic rings. The number of hydrogen-bond donors (Lipinski definition) is 4. The Hall–Kier alpha value is -3.21. The second-order valence-corrected chi connectivity index (χ2v) is 10.7. The molecule has 10 heteroatoms. The average Bonchev–Trinajstić information content (AvgIpc) is 3.59. The number of halogens is 2. The lowest BCUT2D eigenvalue weighted by Gasteiger charge is -2.17. The number of anilines is 2. The normalized spacial score (nSPS) is 14.5. The maximum atomic E-state index is 12.3. The zero-order chi connectivity index (χ0) is 27.2. The first-order valence-electron chi connectivity index (χ1n) is 12.4. The number of rotatable bonds is 7. The van der Waals surface area contributed by atoms with Crippen LogP contribution in [0.4, 0.5) is 11.4 Å². The van der Waals surface area contributed by atoms with Crippen molar-refractivity contribution in [2.45, 2.75) is 20.3 Å². The number of carbonyl (C=O) groups excluding carboxylic acids is 3. The van der Waals surface area contributed by atoms with Crippen LogP contribution in [0.25, 0.3) is 11.6 Å². The van der Waals surface area contributed by atoms with Crippen LogP contribution in [-0.2, 0) is 16.0 Å². The van der Waals surface area contributed by atoms with Crippen LogP contribution in [0.5, 0.6) is 0 Å². The topological polar surface area (TPSA) is 106 Å². The molecule has 0 saturated carbocycles. The number of likely N-dealkylation sites (N-methyl/N-ethyl adjacent to an activating group) is 1. The number of nitrogens with zero attached hydrogens (tertiary/aromatic N) is 1. The van der Waals surface area contributed by atoms with Crippen LogP contribution in [0.1, 0.15) is 41.2 Å². The third-order valence-corrected chi connectivity index (χ3v) is 7.30. The molecule has 0 unspecified atom stereocenters. The molecule has 3 aromatic rings. The SMILES string of the molecule is CCN(CC)CCNC(=O)c1ccc(C=C2C(=O)Nc3ccc(Br)cc32)[nH]1.O=C1Cc2cc(Br)ccc2N1. The van der Waals surface area contributed by atoms with Crippen molar-refractivity contribution in [2.75, 3.05) is 36.8 Å². The Labute approximate surface area is 238 Å². The molecule has 5 rings (SSSR count). The van der Waals surface area contributed by atoms with E-state index >= 15 is 0 Å². The first-order valence-corrected chi connectivity index (χ1v) is 14.0. The number of carbonyl (C=O) groups is 3. The second-order valence-electron chi connectivity index (χ2n) is 8.84. The van der Waals surface area contributed by atoms with Gasteiger partial charge in [0, 0.05) is 44.7 Å². The van der Waals surface area contributed by atoms with Crippen molar-refractivity contribution < 1.29 is 14.4 Å². The van der Waals surface area contributed by atoms with E-state index in [1.54, 1.807) is 18.2 Å². The first kappa shape index (κ1) is 27.8. The van der Waals surface area contributed by atoms with E-state index in [4.69, 9.17) is 0 Å². The lowest BCUT2D eigenvalue weighted by Crippen LogP contribution is -2.34. The van der Waals surface area contributed by atoms with Gasteiger partial charge in [-0.3, -0.25) is 14.4 Å². The summed E-state index contributed by atoms with van der Waals surface area (Å²) in [5.41, 5.74) is 5.41. The Balaban J connectivity index is 0.000000253. The van der Waals surface area contributed by atoms with Crippen molar-refractivity contribution in [3.8, 4) is 0 Å². The van der Waals surface area contributed by atoms with E-state index in [0.717, 1.165) is 51.1 Å². The fourth-order valence-electron chi connectivity index (χ4n) is 4.25. The Morgan fingerprint density at radius 1 is 0.974 bits per heavy atom. The van der Waals surface area contributed by atoms with Gasteiger partial charge in [0.05, 0.1) is 12.0 Å². The van der Waals surface area contributed by atoms with Gasteiger partial charge in [-0.05, 0) is 73.3 Å². The van der Waals surface area contributed by atoms with Crippen LogP contribution in [-0.4, -0.2) is 53.8 Å². The number of hydrogen-bond acceptors (Lipinski definition) is 4. The van der Waals surface area contributed by atoms with Gasteiger partial charge in [-0.1, -0.05) is 45.7 Å². The van der Waals surface area contributed by atoms with Gasteiger partial charge in [-0.2, -0.15) is 0 Å². The predicted molar refractivity (Wildman–Crippen MR) is 158 cm³/mol. The van der Waals surface area contributed by atoms with Crippen molar-refractivity contribution in [1.29, 1.82) is 0 Å². The van der Waals surface area contributed by atoms with E-state index in [9.17, 15) is 14.4 Å².